The lowest BCUT2D eigenvalue weighted by molar-refractivity contribution is -0.156. The molecule has 4 rings (SSSR count). The maximum Gasteiger partial charge on any atom is 0.337 e. The number of nitrogens with zero attached hydrogens (tertiary/aromatic N) is 1. The van der Waals surface area contributed by atoms with E-state index in [1.807, 2.05) is 91.0 Å². The van der Waals surface area contributed by atoms with Crippen molar-refractivity contribution < 1.29 is 29.0 Å². The van der Waals surface area contributed by atoms with Crippen LogP contribution in [0.3, 0.4) is 0 Å². The maximum absolute atomic E-state index is 13.8. The summed E-state index contributed by atoms with van der Waals surface area (Å²) in [4.78, 5) is 41.0. The number of amides is 2. The molecule has 0 spiro atoms. The van der Waals surface area contributed by atoms with Crippen molar-refractivity contribution >= 4 is 41.0 Å². The monoisotopic (exact) mass is 532 g/mol. The molecule has 0 radical (unpaired) electrons. The molecule has 1 fully saturated rings. The number of esters is 1. The van der Waals surface area contributed by atoms with Crippen molar-refractivity contribution in [1.82, 2.24) is 4.90 Å². The zero-order valence-electron chi connectivity index (χ0n) is 21.4. The largest absolute Gasteiger partial charge is 0.478 e. The van der Waals surface area contributed by atoms with Crippen LogP contribution in [0.25, 0.3) is 0 Å². The maximum atomic E-state index is 13.8. The molecule has 1 unspecified atom stereocenters. The minimum atomic E-state index is -3.13. The summed E-state index contributed by atoms with van der Waals surface area (Å²) in [5, 5.41) is 14.3. The summed E-state index contributed by atoms with van der Waals surface area (Å²) in [6.07, 6.45) is -0.0459. The molecule has 1 N–H and O–H groups in total. The molecule has 38 heavy (non-hydrogen) atoms. The van der Waals surface area contributed by atoms with Crippen molar-refractivity contribution in [2.45, 2.75) is 32.7 Å². The van der Waals surface area contributed by atoms with Crippen molar-refractivity contribution in [3.63, 3.8) is 0 Å². The van der Waals surface area contributed by atoms with E-state index in [9.17, 15) is 19.5 Å². The molecule has 196 valence electrons. The van der Waals surface area contributed by atoms with Gasteiger partial charge in [0, 0.05) is 12.8 Å². The van der Waals surface area contributed by atoms with Gasteiger partial charge in [-0.3, -0.25) is 14.5 Å². The Morgan fingerprint density at radius 1 is 0.763 bits per heavy atom. The highest BCUT2D eigenvalue weighted by Crippen LogP contribution is 2.65. The number of aliphatic hydroxyl groups is 1. The first-order chi connectivity index (χ1) is 18.5. The van der Waals surface area contributed by atoms with Gasteiger partial charge in [0.2, 0.25) is 23.2 Å². The topological polar surface area (TPSA) is 93.1 Å². The Labute approximate surface area is 223 Å². The van der Waals surface area contributed by atoms with E-state index in [2.05, 4.69) is 0 Å². The number of hydrogen-bond donors (Lipinski definition) is 1. The van der Waals surface area contributed by atoms with Gasteiger partial charge < -0.3 is 14.6 Å². The number of ether oxygens (including phenoxy) is 2. The first kappa shape index (κ1) is 27.1. The third-order valence-electron chi connectivity index (χ3n) is 6.41. The first-order valence-electron chi connectivity index (χ1n) is 12.6. The van der Waals surface area contributed by atoms with Crippen molar-refractivity contribution in [1.29, 1.82) is 0 Å². The number of rotatable bonds is 10. The highest BCUT2D eigenvalue weighted by Gasteiger charge is 2.60. The van der Waals surface area contributed by atoms with Gasteiger partial charge in [0.15, 0.2) is 7.26 Å². The Kier molecular flexibility index (Phi) is 8.59. The number of hydrogen-bond acceptors (Lipinski definition) is 6. The number of imide groups is 1. The van der Waals surface area contributed by atoms with Crippen LogP contribution in [0.5, 0.6) is 0 Å². The molecular formula is C30H31NO6P+. The van der Waals surface area contributed by atoms with Crippen LogP contribution in [0.1, 0.15) is 26.7 Å². The van der Waals surface area contributed by atoms with Gasteiger partial charge in [-0.05, 0) is 50.2 Å². The van der Waals surface area contributed by atoms with Crippen molar-refractivity contribution in [2.75, 3.05) is 13.2 Å². The minimum Gasteiger partial charge on any atom is -0.478 e. The summed E-state index contributed by atoms with van der Waals surface area (Å²) in [7, 11) is -3.13. The SMILES string of the molecule is CCOC(=O)C(/C(=C(\O)OCC)[P+](c1ccccc1)(c1ccccc1)c1ccccc1)N1C(=O)CCC1=O. The molecule has 3 aromatic carbocycles. The fraction of sp³-hybridized carbons (Fsp3) is 0.233. The van der Waals surface area contributed by atoms with E-state index in [0.717, 1.165) is 20.8 Å². The molecule has 1 atom stereocenters. The van der Waals surface area contributed by atoms with Crippen LogP contribution in [0.2, 0.25) is 0 Å². The van der Waals surface area contributed by atoms with E-state index in [4.69, 9.17) is 9.47 Å². The Balaban J connectivity index is 2.20. The second kappa shape index (κ2) is 12.1. The van der Waals surface area contributed by atoms with Crippen LogP contribution < -0.4 is 15.9 Å². The molecule has 1 heterocycles. The van der Waals surface area contributed by atoms with Gasteiger partial charge in [-0.1, -0.05) is 54.6 Å². The molecular weight excluding hydrogens is 501 g/mol. The lowest BCUT2D eigenvalue weighted by atomic mass is 10.2. The quantitative estimate of drug-likeness (QED) is 0.185. The lowest BCUT2D eigenvalue weighted by Crippen LogP contribution is -2.50. The van der Waals surface area contributed by atoms with Gasteiger partial charge in [-0.25, -0.2) is 4.79 Å². The number of benzene rings is 3. The standard InChI is InChI=1S/C30H30NO6P/c1-3-36-29(34)27(31-25(32)20-21-26(31)33)28(30(35)37-4-2)38(22-14-8-5-9-15-22,23-16-10-6-11-17-23)24-18-12-7-13-19-24/h5-19,27H,3-4,20-21H2,1-2H3/p+1/b30-28-. The number of aliphatic hydroxyl groups excluding tert-OH is 1. The summed E-state index contributed by atoms with van der Waals surface area (Å²) in [5.74, 6) is -2.29. The third-order valence-corrected chi connectivity index (χ3v) is 10.8. The average molecular weight is 533 g/mol. The van der Waals surface area contributed by atoms with Crippen molar-refractivity contribution in [3.05, 3.63) is 102 Å². The smallest absolute Gasteiger partial charge is 0.337 e. The molecule has 7 nitrogen and oxygen atoms in total. The molecule has 2 amide bonds. The zero-order valence-corrected chi connectivity index (χ0v) is 22.3. The second-order valence-corrected chi connectivity index (χ2v) is 12.0. The van der Waals surface area contributed by atoms with E-state index >= 15 is 0 Å². The highest BCUT2D eigenvalue weighted by atomic mass is 31.2. The predicted octanol–water partition coefficient (Wildman–Crippen LogP) is 3.82. The van der Waals surface area contributed by atoms with Crippen LogP contribution in [0.4, 0.5) is 0 Å². The second-order valence-electron chi connectivity index (χ2n) is 8.61. The van der Waals surface area contributed by atoms with Crippen LogP contribution >= 0.6 is 7.26 Å². The van der Waals surface area contributed by atoms with Gasteiger partial charge in [-0.15, -0.1) is 0 Å². The van der Waals surface area contributed by atoms with Crippen LogP contribution in [0, 0.1) is 0 Å². The van der Waals surface area contributed by atoms with E-state index in [1.54, 1.807) is 13.8 Å². The normalized spacial score (nSPS) is 15.2. The van der Waals surface area contributed by atoms with Gasteiger partial charge in [0.25, 0.3) is 0 Å². The van der Waals surface area contributed by atoms with Crippen LogP contribution in [-0.2, 0) is 23.9 Å². The number of carbonyl (C=O) groups is 3. The van der Waals surface area contributed by atoms with Gasteiger partial charge >= 0.3 is 11.9 Å². The van der Waals surface area contributed by atoms with Crippen molar-refractivity contribution in [3.8, 4) is 0 Å². The molecule has 0 bridgehead atoms. The summed E-state index contributed by atoms with van der Waals surface area (Å²) >= 11 is 0. The molecule has 1 aliphatic rings. The van der Waals surface area contributed by atoms with E-state index < -0.39 is 37.0 Å². The molecule has 1 aliphatic heterocycles. The molecule has 0 saturated carbocycles. The van der Waals surface area contributed by atoms with E-state index in [0.29, 0.717) is 0 Å². The Morgan fingerprint density at radius 3 is 1.53 bits per heavy atom. The van der Waals surface area contributed by atoms with Crippen LogP contribution in [-0.4, -0.2) is 47.0 Å². The zero-order chi connectivity index (χ0) is 27.1. The lowest BCUT2D eigenvalue weighted by Gasteiger charge is -2.34. The number of likely N-dealkylation sites (tertiary alicyclic amines) is 1. The molecule has 3 aromatic rings. The van der Waals surface area contributed by atoms with Crippen LogP contribution in [0.15, 0.2) is 102 Å². The molecule has 1 saturated heterocycles. The van der Waals surface area contributed by atoms with Gasteiger partial charge in [0.05, 0.1) is 13.2 Å². The Hall–Kier alpha value is -3.96. The number of carbonyl (C=O) groups excluding carboxylic acids is 3. The van der Waals surface area contributed by atoms with Crippen molar-refractivity contribution in [2.24, 2.45) is 0 Å². The summed E-state index contributed by atoms with van der Waals surface area (Å²) in [6.45, 7) is 3.50. The van der Waals surface area contributed by atoms with Gasteiger partial charge in [-0.2, -0.15) is 0 Å². The Morgan fingerprint density at radius 2 is 1.16 bits per heavy atom. The average Bonchev–Trinajstić information content (AvgIpc) is 3.28. The summed E-state index contributed by atoms with van der Waals surface area (Å²) < 4.78 is 11.2. The molecule has 8 heteroatoms. The summed E-state index contributed by atoms with van der Waals surface area (Å²) in [5.41, 5.74) is 0. The minimum absolute atomic E-state index is 0.0229. The highest BCUT2D eigenvalue weighted by molar-refractivity contribution is 7.99. The molecule has 0 aromatic heterocycles. The fourth-order valence-electron chi connectivity index (χ4n) is 4.92. The molecule has 0 aliphatic carbocycles. The third kappa shape index (κ3) is 4.94. The predicted molar refractivity (Wildman–Crippen MR) is 148 cm³/mol. The fourth-order valence-corrected chi connectivity index (χ4v) is 9.44. The Bertz CT molecular complexity index is 1200. The summed E-state index contributed by atoms with van der Waals surface area (Å²) in [6, 6.07) is 27.1. The van der Waals surface area contributed by atoms with E-state index in [-0.39, 0.29) is 31.4 Å². The first-order valence-corrected chi connectivity index (χ1v) is 14.4. The van der Waals surface area contributed by atoms with E-state index in [1.165, 1.54) is 0 Å². The van der Waals surface area contributed by atoms with Gasteiger partial charge in [0.1, 0.15) is 15.9 Å².